The van der Waals surface area contributed by atoms with Gasteiger partial charge in [-0.15, -0.1) is 0 Å². The first-order valence-corrected chi connectivity index (χ1v) is 3.85. The third-order valence-electron chi connectivity index (χ3n) is 1.64. The summed E-state index contributed by atoms with van der Waals surface area (Å²) in [6, 6.07) is 5.11. The van der Waals surface area contributed by atoms with Crippen molar-refractivity contribution in [3.63, 3.8) is 0 Å². The second-order valence-electron chi connectivity index (χ2n) is 2.64. The van der Waals surface area contributed by atoms with Crippen molar-refractivity contribution < 1.29 is 9.18 Å². The molecule has 0 atom stereocenters. The van der Waals surface area contributed by atoms with Gasteiger partial charge in [-0.2, -0.15) is 5.26 Å². The van der Waals surface area contributed by atoms with Crippen LogP contribution in [0.15, 0.2) is 18.2 Å². The van der Waals surface area contributed by atoms with Gasteiger partial charge in [-0.05, 0) is 12.1 Å². The van der Waals surface area contributed by atoms with E-state index in [1.165, 1.54) is 12.1 Å². The van der Waals surface area contributed by atoms with Gasteiger partial charge in [0.05, 0.1) is 11.6 Å². The zero-order chi connectivity index (χ0) is 10.6. The van der Waals surface area contributed by atoms with Crippen molar-refractivity contribution >= 4 is 6.03 Å². The summed E-state index contributed by atoms with van der Waals surface area (Å²) in [5.74, 6) is -0.530. The van der Waals surface area contributed by atoms with Crippen molar-refractivity contribution in [3.05, 3.63) is 35.1 Å². The van der Waals surface area contributed by atoms with E-state index in [1.807, 2.05) is 6.07 Å². The van der Waals surface area contributed by atoms with Gasteiger partial charge in [0.25, 0.3) is 0 Å². The zero-order valence-electron chi connectivity index (χ0n) is 7.25. The lowest BCUT2D eigenvalue weighted by Gasteiger charge is -2.03. The molecule has 5 heteroatoms. The Kier molecular flexibility index (Phi) is 3.02. The number of nitriles is 1. The van der Waals surface area contributed by atoms with E-state index in [2.05, 4.69) is 5.32 Å². The molecule has 1 aromatic rings. The maximum Gasteiger partial charge on any atom is 0.312 e. The number of rotatable bonds is 2. The van der Waals surface area contributed by atoms with Gasteiger partial charge in [-0.1, -0.05) is 6.07 Å². The Balaban J connectivity index is 2.80. The standard InChI is InChI=1S/C9H8FN3O/c10-8-3-6(4-11)1-2-7(8)5-13-9(12)14/h1-3H,5H2,(H3,12,13,14). The Morgan fingerprint density at radius 3 is 2.86 bits per heavy atom. The first kappa shape index (κ1) is 9.99. The smallest absolute Gasteiger partial charge is 0.312 e. The molecule has 0 radical (unpaired) electrons. The number of halogens is 1. The molecule has 14 heavy (non-hydrogen) atoms. The van der Waals surface area contributed by atoms with Crippen LogP contribution in [0.5, 0.6) is 0 Å². The number of urea groups is 1. The molecule has 0 fully saturated rings. The highest BCUT2D eigenvalue weighted by Crippen LogP contribution is 2.09. The van der Waals surface area contributed by atoms with Gasteiger partial charge in [0.2, 0.25) is 0 Å². The molecule has 0 saturated carbocycles. The van der Waals surface area contributed by atoms with Gasteiger partial charge in [-0.3, -0.25) is 0 Å². The molecule has 4 nitrogen and oxygen atoms in total. The molecule has 1 rings (SSSR count). The van der Waals surface area contributed by atoms with E-state index in [4.69, 9.17) is 11.0 Å². The molecule has 0 unspecified atom stereocenters. The fourth-order valence-corrected chi connectivity index (χ4v) is 0.943. The molecule has 0 aliphatic heterocycles. The van der Waals surface area contributed by atoms with E-state index >= 15 is 0 Å². The number of carbonyl (C=O) groups is 1. The highest BCUT2D eigenvalue weighted by atomic mass is 19.1. The van der Waals surface area contributed by atoms with Crippen LogP contribution in [0.25, 0.3) is 0 Å². The normalized spacial score (nSPS) is 9.14. The average Bonchev–Trinajstić information content (AvgIpc) is 2.15. The summed E-state index contributed by atoms with van der Waals surface area (Å²) in [6.07, 6.45) is 0. The van der Waals surface area contributed by atoms with E-state index < -0.39 is 11.8 Å². The van der Waals surface area contributed by atoms with Crippen LogP contribution < -0.4 is 11.1 Å². The van der Waals surface area contributed by atoms with Crippen LogP contribution in [0.3, 0.4) is 0 Å². The molecule has 0 saturated heterocycles. The van der Waals surface area contributed by atoms with Crippen LogP contribution in [0.1, 0.15) is 11.1 Å². The lowest BCUT2D eigenvalue weighted by atomic mass is 10.1. The summed E-state index contributed by atoms with van der Waals surface area (Å²) >= 11 is 0. The zero-order valence-corrected chi connectivity index (χ0v) is 7.25. The predicted molar refractivity (Wildman–Crippen MR) is 47.5 cm³/mol. The molecule has 1 aromatic carbocycles. The van der Waals surface area contributed by atoms with E-state index in [-0.39, 0.29) is 12.1 Å². The van der Waals surface area contributed by atoms with E-state index in [1.54, 1.807) is 0 Å². The molecule has 0 aromatic heterocycles. The van der Waals surface area contributed by atoms with Gasteiger partial charge in [0.15, 0.2) is 0 Å². The minimum Gasteiger partial charge on any atom is -0.352 e. The highest BCUT2D eigenvalue weighted by Gasteiger charge is 2.03. The average molecular weight is 193 g/mol. The summed E-state index contributed by atoms with van der Waals surface area (Å²) < 4.78 is 13.1. The largest absolute Gasteiger partial charge is 0.352 e. The number of nitrogens with zero attached hydrogens (tertiary/aromatic N) is 1. The van der Waals surface area contributed by atoms with E-state index in [0.717, 1.165) is 6.07 Å². The maximum absolute atomic E-state index is 13.1. The van der Waals surface area contributed by atoms with Crippen molar-refractivity contribution in [2.75, 3.05) is 0 Å². The molecule has 72 valence electrons. The summed E-state index contributed by atoms with van der Waals surface area (Å²) in [4.78, 5) is 10.3. The second kappa shape index (κ2) is 4.23. The van der Waals surface area contributed by atoms with Crippen LogP contribution in [-0.4, -0.2) is 6.03 Å². The predicted octanol–water partition coefficient (Wildman–Crippen LogP) is 0.866. The van der Waals surface area contributed by atoms with Crippen molar-refractivity contribution in [3.8, 4) is 6.07 Å². The van der Waals surface area contributed by atoms with Crippen LogP contribution in [0.4, 0.5) is 9.18 Å². The van der Waals surface area contributed by atoms with Crippen molar-refractivity contribution in [1.29, 1.82) is 5.26 Å². The number of hydrogen-bond donors (Lipinski definition) is 2. The quantitative estimate of drug-likeness (QED) is 0.730. The number of benzene rings is 1. The minimum atomic E-state index is -0.714. The number of primary amides is 1. The van der Waals surface area contributed by atoms with E-state index in [0.29, 0.717) is 5.56 Å². The SMILES string of the molecule is N#Cc1ccc(CNC(N)=O)c(F)c1. The van der Waals surface area contributed by atoms with Gasteiger partial charge in [0.1, 0.15) is 5.82 Å². The summed E-state index contributed by atoms with van der Waals surface area (Å²) in [5.41, 5.74) is 5.36. The van der Waals surface area contributed by atoms with E-state index in [9.17, 15) is 9.18 Å². The van der Waals surface area contributed by atoms with Gasteiger partial charge < -0.3 is 11.1 Å². The summed E-state index contributed by atoms with van der Waals surface area (Å²) in [6.45, 7) is 0.0207. The number of nitrogens with one attached hydrogen (secondary N) is 1. The molecular weight excluding hydrogens is 185 g/mol. The highest BCUT2D eigenvalue weighted by molar-refractivity contribution is 5.71. The molecule has 2 amide bonds. The Labute approximate surface area is 80.1 Å². The molecular formula is C9H8FN3O. The monoisotopic (exact) mass is 193 g/mol. The maximum atomic E-state index is 13.1. The van der Waals surface area contributed by atoms with Crippen LogP contribution in [0.2, 0.25) is 0 Å². The minimum absolute atomic E-state index is 0.0207. The third-order valence-corrected chi connectivity index (χ3v) is 1.64. The fraction of sp³-hybridized carbons (Fsp3) is 0.111. The fourth-order valence-electron chi connectivity index (χ4n) is 0.943. The second-order valence-corrected chi connectivity index (χ2v) is 2.64. The van der Waals surface area contributed by atoms with Gasteiger partial charge in [-0.25, -0.2) is 9.18 Å². The van der Waals surface area contributed by atoms with Gasteiger partial charge >= 0.3 is 6.03 Å². The molecule has 0 spiro atoms. The third kappa shape index (κ3) is 2.45. The number of amides is 2. The molecule has 3 N–H and O–H groups in total. The molecule has 0 bridgehead atoms. The molecule has 0 aliphatic carbocycles. The first-order valence-electron chi connectivity index (χ1n) is 3.85. The topological polar surface area (TPSA) is 78.9 Å². The van der Waals surface area contributed by atoms with Crippen LogP contribution >= 0.6 is 0 Å². The van der Waals surface area contributed by atoms with Crippen LogP contribution in [0, 0.1) is 17.1 Å². The number of hydrogen-bond acceptors (Lipinski definition) is 2. The Hall–Kier alpha value is -2.09. The van der Waals surface area contributed by atoms with Crippen molar-refractivity contribution in [2.45, 2.75) is 6.54 Å². The Morgan fingerprint density at radius 1 is 1.64 bits per heavy atom. The lowest BCUT2D eigenvalue weighted by molar-refractivity contribution is 0.248. The first-order chi connectivity index (χ1) is 6.63. The Morgan fingerprint density at radius 2 is 2.36 bits per heavy atom. The van der Waals surface area contributed by atoms with Crippen molar-refractivity contribution in [2.24, 2.45) is 5.73 Å². The number of nitrogens with two attached hydrogens (primary N) is 1. The lowest BCUT2D eigenvalue weighted by Crippen LogP contribution is -2.28. The summed E-state index contributed by atoms with van der Waals surface area (Å²) in [5, 5.41) is 10.7. The molecule has 0 heterocycles. The van der Waals surface area contributed by atoms with Gasteiger partial charge in [0, 0.05) is 12.1 Å². The van der Waals surface area contributed by atoms with Crippen LogP contribution in [-0.2, 0) is 6.54 Å². The summed E-state index contributed by atoms with van der Waals surface area (Å²) in [7, 11) is 0. The van der Waals surface area contributed by atoms with Crippen molar-refractivity contribution in [1.82, 2.24) is 5.32 Å². The number of carbonyl (C=O) groups excluding carboxylic acids is 1. The Bertz CT molecular complexity index is 398. The molecule has 0 aliphatic rings.